The summed E-state index contributed by atoms with van der Waals surface area (Å²) in [6.45, 7) is 0.0342. The van der Waals surface area contributed by atoms with Gasteiger partial charge in [-0.15, -0.1) is 0 Å². The molecule has 6 heteroatoms. The predicted molar refractivity (Wildman–Crippen MR) is 121 cm³/mol. The molecule has 2 amide bonds. The average Bonchev–Trinajstić information content (AvgIpc) is 2.80. The Morgan fingerprint density at radius 1 is 1.03 bits per heavy atom. The molecule has 1 aliphatic rings. The lowest BCUT2D eigenvalue weighted by molar-refractivity contribution is -0.119. The van der Waals surface area contributed by atoms with Crippen LogP contribution in [0.3, 0.4) is 0 Å². The van der Waals surface area contributed by atoms with Crippen molar-refractivity contribution in [2.24, 2.45) is 0 Å². The second-order valence-electron chi connectivity index (χ2n) is 7.41. The maximum Gasteiger partial charge on any atom is 0.411 e. The van der Waals surface area contributed by atoms with E-state index in [9.17, 15) is 14.7 Å². The number of aliphatic hydroxyl groups is 1. The topological polar surface area (TPSA) is 87.7 Å². The maximum atomic E-state index is 12.7. The molecule has 31 heavy (non-hydrogen) atoms. The molecule has 0 saturated carbocycles. The quantitative estimate of drug-likeness (QED) is 0.572. The summed E-state index contributed by atoms with van der Waals surface area (Å²) in [6, 6.07) is 18.2. The maximum absolute atomic E-state index is 12.7. The first-order valence-electron chi connectivity index (χ1n) is 10.5. The number of benzene rings is 2. The van der Waals surface area contributed by atoms with Crippen molar-refractivity contribution in [1.29, 1.82) is 0 Å². The fraction of sp³-hybridized carbons (Fsp3) is 0.280. The fourth-order valence-corrected chi connectivity index (χ4v) is 3.35. The molecule has 0 fully saturated rings. The molecule has 0 radical (unpaired) electrons. The second kappa shape index (κ2) is 11.7. The molecule has 0 aliphatic heterocycles. The molecule has 162 valence electrons. The van der Waals surface area contributed by atoms with E-state index in [-0.39, 0.29) is 18.9 Å². The van der Waals surface area contributed by atoms with Gasteiger partial charge in [-0.1, -0.05) is 66.8 Å². The van der Waals surface area contributed by atoms with Gasteiger partial charge < -0.3 is 15.2 Å². The number of para-hydroxylation sites is 1. The van der Waals surface area contributed by atoms with Gasteiger partial charge in [0, 0.05) is 17.7 Å². The Morgan fingerprint density at radius 3 is 2.42 bits per heavy atom. The molecular formula is C25H28N2O4. The van der Waals surface area contributed by atoms with Crippen LogP contribution < -0.4 is 10.6 Å². The first kappa shape index (κ1) is 22.3. The third-order valence-electron chi connectivity index (χ3n) is 5.05. The Labute approximate surface area is 182 Å². The van der Waals surface area contributed by atoms with Crippen LogP contribution in [0, 0.1) is 0 Å². The monoisotopic (exact) mass is 420 g/mol. The van der Waals surface area contributed by atoms with E-state index in [1.807, 2.05) is 66.8 Å². The number of anilines is 1. The van der Waals surface area contributed by atoms with Crippen molar-refractivity contribution in [3.63, 3.8) is 0 Å². The summed E-state index contributed by atoms with van der Waals surface area (Å²) in [5, 5.41) is 16.4. The summed E-state index contributed by atoms with van der Waals surface area (Å²) < 4.78 is 5.20. The number of amides is 2. The molecule has 2 aromatic rings. The minimum absolute atomic E-state index is 0.0342. The van der Waals surface area contributed by atoms with E-state index in [1.54, 1.807) is 12.1 Å². The summed E-state index contributed by atoms with van der Waals surface area (Å²) in [5.41, 5.74) is 2.34. The van der Waals surface area contributed by atoms with Crippen LogP contribution in [0.15, 0.2) is 84.5 Å². The van der Waals surface area contributed by atoms with Crippen LogP contribution in [0.2, 0.25) is 0 Å². The van der Waals surface area contributed by atoms with Gasteiger partial charge in [-0.3, -0.25) is 10.1 Å². The summed E-state index contributed by atoms with van der Waals surface area (Å²) in [5.74, 6) is -0.174. The Kier molecular flexibility index (Phi) is 8.43. The summed E-state index contributed by atoms with van der Waals surface area (Å²) >= 11 is 0. The minimum Gasteiger partial charge on any atom is -0.449 e. The molecule has 1 unspecified atom stereocenters. The van der Waals surface area contributed by atoms with Crippen LogP contribution in [0.5, 0.6) is 0 Å². The normalized spacial score (nSPS) is 14.8. The highest BCUT2D eigenvalue weighted by atomic mass is 16.5. The highest BCUT2D eigenvalue weighted by Crippen LogP contribution is 2.15. The molecule has 2 atom stereocenters. The van der Waals surface area contributed by atoms with E-state index in [2.05, 4.69) is 10.6 Å². The van der Waals surface area contributed by atoms with Gasteiger partial charge in [0.25, 0.3) is 0 Å². The zero-order valence-electron chi connectivity index (χ0n) is 17.4. The largest absolute Gasteiger partial charge is 0.449 e. The standard InChI is InChI=1S/C25H28N2O4/c28-23(16-17-31-25(30)26-21-14-8-3-9-15-21)22(18-19-10-4-1-5-11-19)27-24(29)20-12-6-2-7-13-20/h1-6,8-12,14-15,22-23,28H,7,13,16-18H2,(H,26,30)(H,27,29)/t22-,23?/m0/s1. The average molecular weight is 421 g/mol. The second-order valence-corrected chi connectivity index (χ2v) is 7.41. The number of aliphatic hydroxyl groups excluding tert-OH is 1. The van der Waals surface area contributed by atoms with Crippen molar-refractivity contribution in [1.82, 2.24) is 5.32 Å². The Balaban J connectivity index is 1.55. The lowest BCUT2D eigenvalue weighted by Gasteiger charge is -2.25. The fourth-order valence-electron chi connectivity index (χ4n) is 3.35. The molecule has 0 heterocycles. The molecule has 0 aromatic heterocycles. The number of rotatable bonds is 9. The molecular weight excluding hydrogens is 392 g/mol. The minimum atomic E-state index is -0.867. The van der Waals surface area contributed by atoms with Crippen molar-refractivity contribution in [3.05, 3.63) is 90.0 Å². The van der Waals surface area contributed by atoms with E-state index in [4.69, 9.17) is 4.74 Å². The number of carbonyl (C=O) groups is 2. The molecule has 2 aromatic carbocycles. The van der Waals surface area contributed by atoms with Crippen LogP contribution >= 0.6 is 0 Å². The SMILES string of the molecule is O=C(Nc1ccccc1)OCCC(O)[C@H](Cc1ccccc1)NC(=O)C1=CC=CCC1. The first-order valence-corrected chi connectivity index (χ1v) is 10.5. The summed E-state index contributed by atoms with van der Waals surface area (Å²) in [4.78, 5) is 24.6. The van der Waals surface area contributed by atoms with Crippen molar-refractivity contribution >= 4 is 17.7 Å². The lowest BCUT2D eigenvalue weighted by Crippen LogP contribution is -2.46. The van der Waals surface area contributed by atoms with Gasteiger partial charge in [0.1, 0.15) is 0 Å². The van der Waals surface area contributed by atoms with Crippen LogP contribution in [-0.2, 0) is 16.0 Å². The van der Waals surface area contributed by atoms with Crippen molar-refractivity contribution in [2.75, 3.05) is 11.9 Å². The van der Waals surface area contributed by atoms with Gasteiger partial charge in [-0.2, -0.15) is 0 Å². The Morgan fingerprint density at radius 2 is 1.74 bits per heavy atom. The third kappa shape index (κ3) is 7.42. The zero-order chi connectivity index (χ0) is 21.9. The molecule has 6 nitrogen and oxygen atoms in total. The molecule has 0 bridgehead atoms. The number of hydrogen-bond donors (Lipinski definition) is 3. The van der Waals surface area contributed by atoms with Crippen LogP contribution in [-0.4, -0.2) is 35.9 Å². The Bertz CT molecular complexity index is 910. The lowest BCUT2D eigenvalue weighted by atomic mass is 9.98. The van der Waals surface area contributed by atoms with E-state index in [0.717, 1.165) is 12.0 Å². The Hall–Kier alpha value is -3.38. The van der Waals surface area contributed by atoms with Crippen molar-refractivity contribution in [3.8, 4) is 0 Å². The van der Waals surface area contributed by atoms with Gasteiger partial charge in [0.15, 0.2) is 0 Å². The van der Waals surface area contributed by atoms with Crippen molar-refractivity contribution in [2.45, 2.75) is 37.8 Å². The van der Waals surface area contributed by atoms with Gasteiger partial charge in [-0.25, -0.2) is 4.79 Å². The number of nitrogens with one attached hydrogen (secondary N) is 2. The molecule has 1 aliphatic carbocycles. The van der Waals surface area contributed by atoms with Gasteiger partial charge in [0.05, 0.1) is 18.8 Å². The molecule has 3 N–H and O–H groups in total. The predicted octanol–water partition coefficient (Wildman–Crippen LogP) is 3.99. The summed E-state index contributed by atoms with van der Waals surface area (Å²) in [7, 11) is 0. The number of carbonyl (C=O) groups excluding carboxylic acids is 2. The van der Waals surface area contributed by atoms with E-state index < -0.39 is 18.2 Å². The van der Waals surface area contributed by atoms with Crippen LogP contribution in [0.1, 0.15) is 24.8 Å². The highest BCUT2D eigenvalue weighted by molar-refractivity contribution is 5.94. The van der Waals surface area contributed by atoms with E-state index in [0.29, 0.717) is 24.1 Å². The van der Waals surface area contributed by atoms with Crippen LogP contribution in [0.4, 0.5) is 10.5 Å². The van der Waals surface area contributed by atoms with Crippen molar-refractivity contribution < 1.29 is 19.4 Å². The number of ether oxygens (including phenoxy) is 1. The first-order chi connectivity index (χ1) is 15.1. The number of allylic oxidation sites excluding steroid dienone is 3. The van der Waals surface area contributed by atoms with Gasteiger partial charge in [-0.05, 0) is 37.0 Å². The van der Waals surface area contributed by atoms with E-state index >= 15 is 0 Å². The zero-order valence-corrected chi connectivity index (χ0v) is 17.4. The van der Waals surface area contributed by atoms with E-state index in [1.165, 1.54) is 0 Å². The molecule has 0 saturated heterocycles. The van der Waals surface area contributed by atoms with Gasteiger partial charge in [0.2, 0.25) is 5.91 Å². The van der Waals surface area contributed by atoms with Crippen LogP contribution in [0.25, 0.3) is 0 Å². The number of hydrogen-bond acceptors (Lipinski definition) is 4. The van der Waals surface area contributed by atoms with Gasteiger partial charge >= 0.3 is 6.09 Å². The molecule has 3 rings (SSSR count). The smallest absolute Gasteiger partial charge is 0.411 e. The summed E-state index contributed by atoms with van der Waals surface area (Å²) in [6.07, 6.45) is 6.45. The highest BCUT2D eigenvalue weighted by Gasteiger charge is 2.23. The third-order valence-corrected chi connectivity index (χ3v) is 5.05. The molecule has 0 spiro atoms.